The second-order valence-electron chi connectivity index (χ2n) is 6.32. The van der Waals surface area contributed by atoms with Crippen LogP contribution in [0, 0.1) is 13.8 Å². The molecule has 2 N–H and O–H groups in total. The Labute approximate surface area is 143 Å². The number of aryl methyl sites for hydroxylation is 2. The number of hydrogen-bond acceptors (Lipinski definition) is 4. The number of thiazole rings is 1. The predicted molar refractivity (Wildman–Crippen MR) is 99.2 cm³/mol. The van der Waals surface area contributed by atoms with Crippen LogP contribution in [0.4, 0.5) is 0 Å². The zero-order valence-electron chi connectivity index (χ0n) is 14.8. The summed E-state index contributed by atoms with van der Waals surface area (Å²) in [6.45, 7) is 14.3. The fraction of sp³-hybridized carbons (Fsp3) is 0.647. The van der Waals surface area contributed by atoms with E-state index >= 15 is 0 Å². The molecule has 0 aliphatic carbocycles. The number of guanidine groups is 1. The summed E-state index contributed by atoms with van der Waals surface area (Å²) in [5.74, 6) is 0.883. The third-order valence-corrected chi connectivity index (χ3v) is 5.13. The molecule has 1 aromatic heterocycles. The second-order valence-corrected chi connectivity index (χ2v) is 7.61. The van der Waals surface area contributed by atoms with Gasteiger partial charge in [0.05, 0.1) is 17.2 Å². The largest absolute Gasteiger partial charge is 0.354 e. The van der Waals surface area contributed by atoms with Gasteiger partial charge in [-0.05, 0) is 33.6 Å². The lowest BCUT2D eigenvalue weighted by molar-refractivity contribution is 0.221. The minimum Gasteiger partial charge on any atom is -0.354 e. The summed E-state index contributed by atoms with van der Waals surface area (Å²) in [5.41, 5.74) is 2.35. The first-order valence-corrected chi connectivity index (χ1v) is 9.06. The van der Waals surface area contributed by atoms with E-state index in [2.05, 4.69) is 45.9 Å². The van der Waals surface area contributed by atoms with Gasteiger partial charge in [0.15, 0.2) is 5.96 Å². The molecule has 5 nitrogen and oxygen atoms in total. The lowest BCUT2D eigenvalue weighted by Crippen LogP contribution is -2.48. The first kappa shape index (κ1) is 17.9. The van der Waals surface area contributed by atoms with Gasteiger partial charge >= 0.3 is 0 Å². The first-order valence-electron chi connectivity index (χ1n) is 8.24. The van der Waals surface area contributed by atoms with Crippen LogP contribution in [0.2, 0.25) is 0 Å². The van der Waals surface area contributed by atoms with E-state index in [1.807, 2.05) is 14.0 Å². The SMILES string of the molecule is C=C(C)CN1CCC(NC(=NC)NCc2sc(C)nc2C)CC1. The molecule has 1 saturated heterocycles. The highest BCUT2D eigenvalue weighted by molar-refractivity contribution is 7.11. The quantitative estimate of drug-likeness (QED) is 0.493. The molecular weight excluding hydrogens is 306 g/mol. The van der Waals surface area contributed by atoms with Crippen molar-refractivity contribution in [1.29, 1.82) is 0 Å². The zero-order chi connectivity index (χ0) is 16.8. The Morgan fingerprint density at radius 3 is 2.61 bits per heavy atom. The van der Waals surface area contributed by atoms with E-state index in [-0.39, 0.29) is 0 Å². The average Bonchev–Trinajstić information content (AvgIpc) is 2.82. The molecule has 0 radical (unpaired) electrons. The minimum absolute atomic E-state index is 0.492. The van der Waals surface area contributed by atoms with Crippen LogP contribution in [-0.2, 0) is 6.54 Å². The van der Waals surface area contributed by atoms with Gasteiger partial charge in [-0.15, -0.1) is 11.3 Å². The van der Waals surface area contributed by atoms with E-state index in [1.165, 1.54) is 10.5 Å². The van der Waals surface area contributed by atoms with E-state index in [1.54, 1.807) is 11.3 Å². The Bertz CT molecular complexity index is 555. The molecule has 0 spiro atoms. The molecule has 1 aliphatic heterocycles. The van der Waals surface area contributed by atoms with Crippen LogP contribution in [0.25, 0.3) is 0 Å². The summed E-state index contributed by atoms with van der Waals surface area (Å²) < 4.78 is 0. The molecule has 0 atom stereocenters. The maximum Gasteiger partial charge on any atom is 0.191 e. The molecule has 0 saturated carbocycles. The first-order chi connectivity index (χ1) is 11.0. The summed E-state index contributed by atoms with van der Waals surface area (Å²) in [5, 5.41) is 8.08. The fourth-order valence-corrected chi connectivity index (χ4v) is 3.78. The molecule has 0 aromatic carbocycles. The number of nitrogens with zero attached hydrogens (tertiary/aromatic N) is 3. The Morgan fingerprint density at radius 2 is 2.09 bits per heavy atom. The van der Waals surface area contributed by atoms with Crippen molar-refractivity contribution in [3.63, 3.8) is 0 Å². The molecule has 1 aromatic rings. The lowest BCUT2D eigenvalue weighted by Gasteiger charge is -2.33. The fourth-order valence-electron chi connectivity index (χ4n) is 2.91. The molecule has 0 amide bonds. The number of aliphatic imine (C=N–C) groups is 1. The summed E-state index contributed by atoms with van der Waals surface area (Å²) in [6.07, 6.45) is 2.29. The number of rotatable bonds is 5. The second kappa shape index (κ2) is 8.45. The highest BCUT2D eigenvalue weighted by Gasteiger charge is 2.19. The Kier molecular flexibility index (Phi) is 6.59. The van der Waals surface area contributed by atoms with Crippen molar-refractivity contribution in [2.75, 3.05) is 26.7 Å². The van der Waals surface area contributed by atoms with Crippen molar-refractivity contribution in [1.82, 2.24) is 20.5 Å². The lowest BCUT2D eigenvalue weighted by atomic mass is 10.0. The van der Waals surface area contributed by atoms with Crippen molar-refractivity contribution in [2.45, 2.75) is 46.2 Å². The van der Waals surface area contributed by atoms with Crippen LogP contribution in [-0.4, -0.2) is 48.6 Å². The van der Waals surface area contributed by atoms with E-state index in [9.17, 15) is 0 Å². The van der Waals surface area contributed by atoms with Gasteiger partial charge in [0, 0.05) is 37.6 Å². The number of piperidine rings is 1. The third-order valence-electron chi connectivity index (χ3n) is 4.06. The molecule has 23 heavy (non-hydrogen) atoms. The Morgan fingerprint density at radius 1 is 1.39 bits per heavy atom. The number of nitrogens with one attached hydrogen (secondary N) is 2. The Hall–Kier alpha value is -1.40. The predicted octanol–water partition coefficient (Wildman–Crippen LogP) is 2.47. The molecule has 128 valence electrons. The highest BCUT2D eigenvalue weighted by atomic mass is 32.1. The van der Waals surface area contributed by atoms with E-state index in [4.69, 9.17) is 0 Å². The van der Waals surface area contributed by atoms with Crippen LogP contribution in [0.15, 0.2) is 17.1 Å². The van der Waals surface area contributed by atoms with Crippen LogP contribution in [0.3, 0.4) is 0 Å². The van der Waals surface area contributed by atoms with E-state index < -0.39 is 0 Å². The molecule has 2 heterocycles. The van der Waals surface area contributed by atoms with E-state index in [0.29, 0.717) is 6.04 Å². The van der Waals surface area contributed by atoms with Crippen molar-refractivity contribution in [2.24, 2.45) is 4.99 Å². The van der Waals surface area contributed by atoms with Gasteiger partial charge < -0.3 is 10.6 Å². The van der Waals surface area contributed by atoms with Gasteiger partial charge in [-0.25, -0.2) is 4.98 Å². The number of likely N-dealkylation sites (tertiary alicyclic amines) is 1. The highest BCUT2D eigenvalue weighted by Crippen LogP contribution is 2.16. The van der Waals surface area contributed by atoms with Gasteiger partial charge in [-0.2, -0.15) is 0 Å². The van der Waals surface area contributed by atoms with Crippen LogP contribution >= 0.6 is 11.3 Å². The van der Waals surface area contributed by atoms with Crippen LogP contribution in [0.5, 0.6) is 0 Å². The standard InChI is InChI=1S/C17H29N5S/c1-12(2)11-22-8-6-15(7-9-22)21-17(18-5)19-10-16-13(3)20-14(4)23-16/h15H,1,6-11H2,2-5H3,(H2,18,19,21). The maximum atomic E-state index is 4.47. The topological polar surface area (TPSA) is 52.5 Å². The smallest absolute Gasteiger partial charge is 0.191 e. The number of hydrogen-bond donors (Lipinski definition) is 2. The summed E-state index contributed by atoms with van der Waals surface area (Å²) in [4.78, 5) is 12.6. The maximum absolute atomic E-state index is 4.47. The van der Waals surface area contributed by atoms with Gasteiger partial charge in [0.2, 0.25) is 0 Å². The molecule has 1 aliphatic rings. The molecule has 2 rings (SSSR count). The Balaban J connectivity index is 1.77. The summed E-state index contributed by atoms with van der Waals surface area (Å²) >= 11 is 1.75. The van der Waals surface area contributed by atoms with Crippen molar-refractivity contribution >= 4 is 17.3 Å². The van der Waals surface area contributed by atoms with Crippen molar-refractivity contribution in [3.8, 4) is 0 Å². The summed E-state index contributed by atoms with van der Waals surface area (Å²) in [7, 11) is 1.83. The van der Waals surface area contributed by atoms with Gasteiger partial charge in [-0.1, -0.05) is 12.2 Å². The average molecular weight is 336 g/mol. The van der Waals surface area contributed by atoms with Gasteiger partial charge in [0.1, 0.15) is 0 Å². The van der Waals surface area contributed by atoms with E-state index in [0.717, 1.165) is 55.7 Å². The molecular formula is C17H29N5S. The molecule has 1 fully saturated rings. The molecule has 0 bridgehead atoms. The minimum atomic E-state index is 0.492. The van der Waals surface area contributed by atoms with Crippen LogP contribution in [0.1, 0.15) is 35.3 Å². The molecule has 0 unspecified atom stereocenters. The monoisotopic (exact) mass is 335 g/mol. The van der Waals surface area contributed by atoms with Crippen molar-refractivity contribution in [3.05, 3.63) is 27.7 Å². The van der Waals surface area contributed by atoms with Crippen molar-refractivity contribution < 1.29 is 0 Å². The van der Waals surface area contributed by atoms with Gasteiger partial charge in [0.25, 0.3) is 0 Å². The summed E-state index contributed by atoms with van der Waals surface area (Å²) in [6, 6.07) is 0.492. The normalized spacial score (nSPS) is 17.3. The zero-order valence-corrected chi connectivity index (χ0v) is 15.6. The molecule has 6 heteroatoms. The third kappa shape index (κ3) is 5.62. The number of aromatic nitrogens is 1. The van der Waals surface area contributed by atoms with Gasteiger partial charge in [-0.3, -0.25) is 9.89 Å². The van der Waals surface area contributed by atoms with Crippen LogP contribution < -0.4 is 10.6 Å².